The normalized spacial score (nSPS) is 12.4. The topological polar surface area (TPSA) is 77.8 Å². The Morgan fingerprint density at radius 1 is 1.00 bits per heavy atom. The highest BCUT2D eigenvalue weighted by atomic mass is 32.2. The van der Waals surface area contributed by atoms with Gasteiger partial charge in [0.2, 0.25) is 0 Å². The number of alkyl halides is 3. The molecule has 114 valence electrons. The van der Waals surface area contributed by atoms with Crippen molar-refractivity contribution in [2.24, 2.45) is 0 Å². The second kappa shape index (κ2) is 6.42. The number of anilines is 1. The lowest BCUT2D eigenvalue weighted by Crippen LogP contribution is -2.29. The van der Waals surface area contributed by atoms with E-state index in [1.54, 1.807) is 0 Å². The number of rotatable bonds is 6. The van der Waals surface area contributed by atoms with Gasteiger partial charge in [-0.15, -0.1) is 0 Å². The smallest absolute Gasteiger partial charge is 0.395 e. The van der Waals surface area contributed by atoms with Crippen molar-refractivity contribution in [2.75, 3.05) is 31.2 Å². The van der Waals surface area contributed by atoms with Crippen LogP contribution in [0, 0.1) is 0 Å². The fourth-order valence-corrected chi connectivity index (χ4v) is 2.34. The summed E-state index contributed by atoms with van der Waals surface area (Å²) in [5.41, 5.74) is -4.93. The van der Waals surface area contributed by atoms with Crippen LogP contribution in [0.1, 0.15) is 0 Å². The highest BCUT2D eigenvalue weighted by Gasteiger charge is 2.46. The zero-order valence-electron chi connectivity index (χ0n) is 10.3. The number of hydrogen-bond donors (Lipinski definition) is 2. The van der Waals surface area contributed by atoms with Crippen molar-refractivity contribution >= 4 is 15.5 Å². The molecule has 0 aliphatic carbocycles. The summed E-state index contributed by atoms with van der Waals surface area (Å²) >= 11 is 0. The standard InChI is InChI=1S/C11H14F3NO4S/c12-11(13,14)20(18,19)10-3-1-9(2-4-10)15(5-7-16)6-8-17/h1-4,16-17H,5-8H2. The highest BCUT2D eigenvalue weighted by molar-refractivity contribution is 7.92. The summed E-state index contributed by atoms with van der Waals surface area (Å²) in [4.78, 5) is 0.672. The Labute approximate surface area is 114 Å². The molecule has 0 unspecified atom stereocenters. The van der Waals surface area contributed by atoms with Crippen LogP contribution in [0.15, 0.2) is 29.2 Å². The van der Waals surface area contributed by atoms with Crippen molar-refractivity contribution in [3.63, 3.8) is 0 Å². The van der Waals surface area contributed by atoms with Gasteiger partial charge < -0.3 is 15.1 Å². The maximum atomic E-state index is 12.4. The first-order chi connectivity index (χ1) is 9.24. The van der Waals surface area contributed by atoms with Gasteiger partial charge in [0, 0.05) is 18.8 Å². The van der Waals surface area contributed by atoms with Crippen molar-refractivity contribution in [3.05, 3.63) is 24.3 Å². The predicted molar refractivity (Wildman–Crippen MR) is 66.1 cm³/mol. The average molecular weight is 313 g/mol. The number of aliphatic hydroxyl groups is 2. The van der Waals surface area contributed by atoms with Gasteiger partial charge in [0.15, 0.2) is 0 Å². The van der Waals surface area contributed by atoms with E-state index in [0.717, 1.165) is 12.1 Å². The van der Waals surface area contributed by atoms with Crippen LogP contribution in [0.5, 0.6) is 0 Å². The van der Waals surface area contributed by atoms with Gasteiger partial charge in [0.25, 0.3) is 9.84 Å². The molecule has 0 saturated carbocycles. The third-order valence-corrected chi connectivity index (χ3v) is 4.06. The molecular weight excluding hydrogens is 299 g/mol. The minimum atomic E-state index is -5.36. The molecule has 0 saturated heterocycles. The second-order valence-corrected chi connectivity index (χ2v) is 5.82. The van der Waals surface area contributed by atoms with Gasteiger partial charge >= 0.3 is 5.51 Å². The molecule has 0 spiro atoms. The van der Waals surface area contributed by atoms with E-state index >= 15 is 0 Å². The summed E-state index contributed by atoms with van der Waals surface area (Å²) in [7, 11) is -5.36. The SMILES string of the molecule is O=S(=O)(c1ccc(N(CCO)CCO)cc1)C(F)(F)F. The fraction of sp³-hybridized carbons (Fsp3) is 0.455. The third-order valence-electron chi connectivity index (χ3n) is 2.56. The first kappa shape index (κ1) is 16.7. The zero-order chi connectivity index (χ0) is 15.4. The van der Waals surface area contributed by atoms with Crippen LogP contribution >= 0.6 is 0 Å². The number of nitrogens with zero attached hydrogens (tertiary/aromatic N) is 1. The van der Waals surface area contributed by atoms with E-state index in [1.807, 2.05) is 0 Å². The van der Waals surface area contributed by atoms with E-state index in [0.29, 0.717) is 5.69 Å². The van der Waals surface area contributed by atoms with Crippen LogP contribution in [-0.4, -0.2) is 50.4 Å². The van der Waals surface area contributed by atoms with Crippen molar-refractivity contribution in [1.29, 1.82) is 0 Å². The van der Waals surface area contributed by atoms with Crippen LogP contribution in [0.3, 0.4) is 0 Å². The largest absolute Gasteiger partial charge is 0.501 e. The molecule has 0 radical (unpaired) electrons. The summed E-state index contributed by atoms with van der Waals surface area (Å²) in [6.07, 6.45) is 0. The first-order valence-corrected chi connectivity index (χ1v) is 7.10. The number of aliphatic hydroxyl groups excluding tert-OH is 2. The Kier molecular flexibility index (Phi) is 5.37. The second-order valence-electron chi connectivity index (χ2n) is 3.88. The molecule has 9 heteroatoms. The van der Waals surface area contributed by atoms with E-state index in [9.17, 15) is 21.6 Å². The highest BCUT2D eigenvalue weighted by Crippen LogP contribution is 2.31. The minimum absolute atomic E-state index is 0.173. The van der Waals surface area contributed by atoms with Crippen molar-refractivity contribution in [2.45, 2.75) is 10.4 Å². The number of sulfone groups is 1. The molecule has 0 aliphatic rings. The number of benzene rings is 1. The van der Waals surface area contributed by atoms with Gasteiger partial charge in [-0.05, 0) is 24.3 Å². The third kappa shape index (κ3) is 3.62. The monoisotopic (exact) mass is 313 g/mol. The van der Waals surface area contributed by atoms with E-state index < -0.39 is 20.2 Å². The molecular formula is C11H14F3NO4S. The van der Waals surface area contributed by atoms with Gasteiger partial charge in [-0.3, -0.25) is 0 Å². The van der Waals surface area contributed by atoms with Crippen LogP contribution < -0.4 is 4.90 Å². The Balaban J connectivity index is 3.05. The molecule has 2 N–H and O–H groups in total. The Hall–Kier alpha value is -1.32. The lowest BCUT2D eigenvalue weighted by Gasteiger charge is -2.23. The van der Waals surface area contributed by atoms with E-state index in [4.69, 9.17) is 10.2 Å². The Bertz CT molecular complexity index is 522. The molecule has 0 atom stereocenters. The lowest BCUT2D eigenvalue weighted by molar-refractivity contribution is -0.0436. The van der Waals surface area contributed by atoms with Crippen molar-refractivity contribution in [1.82, 2.24) is 0 Å². The molecule has 5 nitrogen and oxygen atoms in total. The maximum Gasteiger partial charge on any atom is 0.501 e. The summed E-state index contributed by atoms with van der Waals surface area (Å²) in [6.45, 7) is -0.0664. The summed E-state index contributed by atoms with van der Waals surface area (Å²) < 4.78 is 59.4. The molecule has 1 aromatic carbocycles. The van der Waals surface area contributed by atoms with Crippen molar-refractivity contribution < 1.29 is 31.8 Å². The molecule has 0 bridgehead atoms. The van der Waals surface area contributed by atoms with E-state index in [-0.39, 0.29) is 26.3 Å². The maximum absolute atomic E-state index is 12.4. The Morgan fingerprint density at radius 3 is 1.80 bits per heavy atom. The van der Waals surface area contributed by atoms with E-state index in [2.05, 4.69) is 0 Å². The molecule has 0 aromatic heterocycles. The zero-order valence-corrected chi connectivity index (χ0v) is 11.2. The van der Waals surface area contributed by atoms with Gasteiger partial charge in [0.1, 0.15) is 0 Å². The van der Waals surface area contributed by atoms with Crippen LogP contribution in [0.2, 0.25) is 0 Å². The summed E-state index contributed by atoms with van der Waals surface area (Å²) in [5, 5.41) is 17.7. The summed E-state index contributed by atoms with van der Waals surface area (Å²) in [6, 6.07) is 4.09. The van der Waals surface area contributed by atoms with Crippen molar-refractivity contribution in [3.8, 4) is 0 Å². The molecule has 1 rings (SSSR count). The van der Waals surface area contributed by atoms with Gasteiger partial charge in [0.05, 0.1) is 18.1 Å². The van der Waals surface area contributed by atoms with Gasteiger partial charge in [-0.1, -0.05) is 0 Å². The van der Waals surface area contributed by atoms with E-state index in [1.165, 1.54) is 17.0 Å². The van der Waals surface area contributed by atoms with Gasteiger partial charge in [-0.2, -0.15) is 13.2 Å². The predicted octanol–water partition coefficient (Wildman–Crippen LogP) is 0.771. The average Bonchev–Trinajstić information content (AvgIpc) is 2.37. The van der Waals surface area contributed by atoms with Crippen LogP contribution in [0.25, 0.3) is 0 Å². The van der Waals surface area contributed by atoms with Crippen LogP contribution in [0.4, 0.5) is 18.9 Å². The minimum Gasteiger partial charge on any atom is -0.395 e. The molecule has 1 aromatic rings. The van der Waals surface area contributed by atoms with Crippen LogP contribution in [-0.2, 0) is 9.84 Å². The number of halogens is 3. The molecule has 0 aliphatic heterocycles. The molecule has 0 fully saturated rings. The van der Waals surface area contributed by atoms with Gasteiger partial charge in [-0.25, -0.2) is 8.42 Å². The molecule has 0 heterocycles. The summed E-state index contributed by atoms with van der Waals surface area (Å²) in [5.74, 6) is 0. The lowest BCUT2D eigenvalue weighted by atomic mass is 10.3. The Morgan fingerprint density at radius 2 is 1.45 bits per heavy atom. The number of hydrogen-bond acceptors (Lipinski definition) is 5. The molecule has 0 amide bonds. The molecule has 20 heavy (non-hydrogen) atoms. The first-order valence-electron chi connectivity index (χ1n) is 5.62. The fourth-order valence-electron chi connectivity index (χ4n) is 1.58. The quantitative estimate of drug-likeness (QED) is 0.811.